The third-order valence-electron chi connectivity index (χ3n) is 5.04. The van der Waals surface area contributed by atoms with E-state index in [9.17, 15) is 18.0 Å². The first-order valence-electron chi connectivity index (χ1n) is 10.5. The Hall–Kier alpha value is -4.12. The Labute approximate surface area is 200 Å². The quantitative estimate of drug-likeness (QED) is 0.375. The van der Waals surface area contributed by atoms with Gasteiger partial charge in [-0.05, 0) is 68.2 Å². The van der Waals surface area contributed by atoms with Gasteiger partial charge < -0.3 is 31.8 Å². The second-order valence-electron chi connectivity index (χ2n) is 7.04. The molecule has 0 saturated carbocycles. The smallest absolute Gasteiger partial charge is 0.416 e. The van der Waals surface area contributed by atoms with Crippen molar-refractivity contribution in [3.8, 4) is 11.4 Å². The van der Waals surface area contributed by atoms with Crippen molar-refractivity contribution >= 4 is 16.7 Å². The van der Waals surface area contributed by atoms with Gasteiger partial charge in [0.25, 0.3) is 0 Å². The van der Waals surface area contributed by atoms with Gasteiger partial charge >= 0.3 is 11.9 Å². The lowest BCUT2D eigenvalue weighted by Gasteiger charge is -2.21. The Morgan fingerprint density at radius 1 is 1.14 bits per heavy atom. The highest BCUT2D eigenvalue weighted by Crippen LogP contribution is 2.35. The Bertz CT molecular complexity index is 1290. The lowest BCUT2D eigenvalue weighted by atomic mass is 10.1. The number of imidazole rings is 1. The number of fused-ring (bicyclic) bond motifs is 1. The molecule has 3 rings (SSSR count). The molecule has 0 saturated heterocycles. The van der Waals surface area contributed by atoms with Crippen LogP contribution in [-0.2, 0) is 6.18 Å². The van der Waals surface area contributed by atoms with Crippen LogP contribution >= 0.6 is 0 Å². The molecule has 0 aliphatic heterocycles. The monoisotopic (exact) mass is 490 g/mol. The molecule has 8 nitrogen and oxygen atoms in total. The number of ether oxygens (including phenoxy) is 1. The van der Waals surface area contributed by atoms with Gasteiger partial charge in [0, 0.05) is 24.6 Å². The average Bonchev–Trinajstić information content (AvgIpc) is 3.18. The number of aromatic amines is 1. The summed E-state index contributed by atoms with van der Waals surface area (Å²) in [6.45, 7) is 2.33. The minimum Gasteiger partial charge on any atom is -0.495 e. The summed E-state index contributed by atoms with van der Waals surface area (Å²) < 4.78 is 46.2. The third-order valence-corrected chi connectivity index (χ3v) is 5.04. The number of nitrogens with zero attached hydrogens (tertiary/aromatic N) is 2. The predicted octanol–water partition coefficient (Wildman–Crippen LogP) is 3.58. The number of methoxy groups -OCH3 is 1. The molecule has 1 heterocycles. The standard InChI is InChI=1S/C23H24F3N5O2.CH5N/c1-3-15(8-9-27)14-30(11-10-28)17-5-6-19-18(13-17)29-22(32)31(19)20-12-16(23(24,25)26)4-7-21(20)33-2;1-2/h3-13H,14,27-28H2,1-2H3,(H,29,32);2H2,1H3/b9-8-,11-10-,15-3+;. The number of halogens is 3. The molecule has 3 aromatic rings. The van der Waals surface area contributed by atoms with Crippen LogP contribution in [0.3, 0.4) is 0 Å². The van der Waals surface area contributed by atoms with Gasteiger partial charge in [-0.25, -0.2) is 4.79 Å². The van der Waals surface area contributed by atoms with E-state index in [2.05, 4.69) is 10.7 Å². The summed E-state index contributed by atoms with van der Waals surface area (Å²) in [5.74, 6) is 0.133. The molecule has 0 unspecified atom stereocenters. The minimum atomic E-state index is -4.57. The fourth-order valence-electron chi connectivity index (χ4n) is 3.45. The van der Waals surface area contributed by atoms with E-state index in [4.69, 9.17) is 16.2 Å². The van der Waals surface area contributed by atoms with Crippen molar-refractivity contribution in [2.24, 2.45) is 17.2 Å². The highest BCUT2D eigenvalue weighted by molar-refractivity contribution is 5.82. The number of nitrogens with one attached hydrogen (secondary N) is 1. The van der Waals surface area contributed by atoms with Gasteiger partial charge in [-0.2, -0.15) is 13.2 Å². The molecule has 0 fully saturated rings. The lowest BCUT2D eigenvalue weighted by Crippen LogP contribution is -2.19. The van der Waals surface area contributed by atoms with Crippen LogP contribution < -0.4 is 32.5 Å². The highest BCUT2D eigenvalue weighted by Gasteiger charge is 2.31. The zero-order valence-electron chi connectivity index (χ0n) is 19.6. The van der Waals surface area contributed by atoms with Crippen LogP contribution in [-0.4, -0.2) is 30.3 Å². The molecule has 2 aromatic carbocycles. The number of allylic oxidation sites excluding steroid dienone is 1. The first-order chi connectivity index (χ1) is 16.7. The van der Waals surface area contributed by atoms with Crippen molar-refractivity contribution in [3.63, 3.8) is 0 Å². The number of alkyl halides is 3. The van der Waals surface area contributed by atoms with Gasteiger partial charge in [-0.1, -0.05) is 6.08 Å². The van der Waals surface area contributed by atoms with Crippen molar-refractivity contribution in [3.05, 3.63) is 88.8 Å². The van der Waals surface area contributed by atoms with Gasteiger partial charge in [-0.3, -0.25) is 4.57 Å². The SMILES string of the molecule is C/C=C(\C=C/N)CN(/C=C\N)c1ccc2c(c1)[nH]c(=O)n2-c1cc(C(F)(F)F)ccc1OC.CN. The fourth-order valence-corrected chi connectivity index (χ4v) is 3.45. The number of nitrogens with two attached hydrogens (primary N) is 3. The van der Waals surface area contributed by atoms with E-state index in [1.807, 2.05) is 17.9 Å². The fraction of sp³-hybridized carbons (Fsp3) is 0.208. The van der Waals surface area contributed by atoms with Gasteiger partial charge in [0.05, 0.1) is 29.4 Å². The van der Waals surface area contributed by atoms with E-state index in [0.29, 0.717) is 23.3 Å². The van der Waals surface area contributed by atoms with Gasteiger partial charge in [-0.15, -0.1) is 0 Å². The Morgan fingerprint density at radius 2 is 1.86 bits per heavy atom. The maximum absolute atomic E-state index is 13.3. The van der Waals surface area contributed by atoms with Crippen molar-refractivity contribution in [2.45, 2.75) is 13.1 Å². The van der Waals surface area contributed by atoms with Crippen LogP contribution in [0.2, 0.25) is 0 Å². The van der Waals surface area contributed by atoms with Crippen LogP contribution in [0.1, 0.15) is 12.5 Å². The Balaban J connectivity index is 0.00000210. The molecular weight excluding hydrogens is 461 g/mol. The molecule has 7 N–H and O–H groups in total. The molecule has 1 aromatic heterocycles. The zero-order chi connectivity index (χ0) is 26.2. The Morgan fingerprint density at radius 3 is 2.43 bits per heavy atom. The second-order valence-corrected chi connectivity index (χ2v) is 7.04. The lowest BCUT2D eigenvalue weighted by molar-refractivity contribution is -0.137. The first kappa shape index (κ1) is 27.1. The molecule has 0 amide bonds. The number of aromatic nitrogens is 2. The van der Waals surface area contributed by atoms with Gasteiger partial charge in [0.2, 0.25) is 0 Å². The highest BCUT2D eigenvalue weighted by atomic mass is 19.4. The number of rotatable bonds is 7. The summed E-state index contributed by atoms with van der Waals surface area (Å²) in [7, 11) is 2.83. The predicted molar refractivity (Wildman–Crippen MR) is 133 cm³/mol. The van der Waals surface area contributed by atoms with Gasteiger partial charge in [0.1, 0.15) is 5.75 Å². The molecule has 0 aliphatic rings. The zero-order valence-corrected chi connectivity index (χ0v) is 19.6. The molecule has 0 atom stereocenters. The molecular formula is C24H29F3N6O2. The number of hydrogen-bond acceptors (Lipinski definition) is 6. The number of H-pyrrole nitrogens is 1. The van der Waals surface area contributed by atoms with E-state index in [-0.39, 0.29) is 11.4 Å². The van der Waals surface area contributed by atoms with Crippen LogP contribution in [0.15, 0.2) is 77.5 Å². The van der Waals surface area contributed by atoms with E-state index >= 15 is 0 Å². The maximum Gasteiger partial charge on any atom is 0.416 e. The van der Waals surface area contributed by atoms with Crippen molar-refractivity contribution in [1.82, 2.24) is 9.55 Å². The molecule has 0 aliphatic carbocycles. The summed E-state index contributed by atoms with van der Waals surface area (Å²) in [6, 6.07) is 8.09. The summed E-state index contributed by atoms with van der Waals surface area (Å²) in [4.78, 5) is 17.3. The summed E-state index contributed by atoms with van der Waals surface area (Å²) in [5.41, 5.74) is 16.6. The first-order valence-corrected chi connectivity index (χ1v) is 10.5. The normalized spacial score (nSPS) is 12.3. The van der Waals surface area contributed by atoms with Crippen molar-refractivity contribution in [1.29, 1.82) is 0 Å². The molecule has 0 spiro atoms. The summed E-state index contributed by atoms with van der Waals surface area (Å²) >= 11 is 0. The van der Waals surface area contributed by atoms with E-state index in [1.165, 1.54) is 32.6 Å². The van der Waals surface area contributed by atoms with Crippen molar-refractivity contribution in [2.75, 3.05) is 25.6 Å². The van der Waals surface area contributed by atoms with Crippen LogP contribution in [0, 0.1) is 0 Å². The number of hydrogen-bond donors (Lipinski definition) is 4. The molecule has 11 heteroatoms. The largest absolute Gasteiger partial charge is 0.495 e. The second kappa shape index (κ2) is 11.8. The summed E-state index contributed by atoms with van der Waals surface area (Å²) in [6.07, 6.45) is 3.57. The van der Waals surface area contributed by atoms with Crippen LogP contribution in [0.5, 0.6) is 5.75 Å². The number of anilines is 1. The third kappa shape index (κ3) is 6.07. The topological polar surface area (TPSA) is 128 Å². The van der Waals surface area contributed by atoms with Crippen LogP contribution in [0.25, 0.3) is 16.7 Å². The molecule has 0 radical (unpaired) electrons. The van der Waals surface area contributed by atoms with E-state index in [0.717, 1.165) is 22.3 Å². The maximum atomic E-state index is 13.3. The van der Waals surface area contributed by atoms with E-state index in [1.54, 1.807) is 30.5 Å². The average molecular weight is 491 g/mol. The van der Waals surface area contributed by atoms with Crippen molar-refractivity contribution < 1.29 is 17.9 Å². The summed E-state index contributed by atoms with van der Waals surface area (Å²) in [5, 5.41) is 0. The van der Waals surface area contributed by atoms with E-state index < -0.39 is 17.4 Å². The minimum absolute atomic E-state index is 0.0145. The molecule has 35 heavy (non-hydrogen) atoms. The Kier molecular flexibility index (Phi) is 9.18. The molecule has 0 bridgehead atoms. The molecule has 188 valence electrons. The van der Waals surface area contributed by atoms with Crippen LogP contribution in [0.4, 0.5) is 18.9 Å². The number of benzene rings is 2. The van der Waals surface area contributed by atoms with Gasteiger partial charge in [0.15, 0.2) is 0 Å².